The van der Waals surface area contributed by atoms with Crippen LogP contribution >= 0.6 is 31.9 Å². The molecule has 3 heterocycles. The van der Waals surface area contributed by atoms with Crippen LogP contribution in [0.4, 0.5) is 11.4 Å². The average Bonchev–Trinajstić information content (AvgIpc) is 3.37. The Bertz CT molecular complexity index is 1450. The van der Waals surface area contributed by atoms with Crippen LogP contribution in [0.15, 0.2) is 81.8 Å². The number of Topliss-reactive ketones (excluding diaryl/α,β-unsaturated/α-hetero) is 1. The Kier molecular flexibility index (Phi) is 5.61. The van der Waals surface area contributed by atoms with E-state index >= 15 is 0 Å². The first-order valence-electron chi connectivity index (χ1n) is 11.5. The van der Waals surface area contributed by atoms with E-state index in [1.165, 1.54) is 4.90 Å². The summed E-state index contributed by atoms with van der Waals surface area (Å²) in [5.41, 5.74) is 2.75. The van der Waals surface area contributed by atoms with E-state index in [-0.39, 0.29) is 17.6 Å². The molecule has 3 aliphatic rings. The molecule has 0 aliphatic carbocycles. The second kappa shape index (κ2) is 8.71. The fourth-order valence-electron chi connectivity index (χ4n) is 5.65. The zero-order chi connectivity index (χ0) is 25.1. The fourth-order valence-corrected chi connectivity index (χ4v) is 6.45. The first-order valence-corrected chi connectivity index (χ1v) is 13.1. The van der Waals surface area contributed by atoms with Crippen molar-refractivity contribution in [2.24, 2.45) is 11.8 Å². The van der Waals surface area contributed by atoms with Crippen LogP contribution < -0.4 is 14.5 Å². The molecule has 0 saturated carbocycles. The van der Waals surface area contributed by atoms with Gasteiger partial charge in [-0.1, -0.05) is 46.3 Å². The van der Waals surface area contributed by atoms with Crippen molar-refractivity contribution in [3.8, 4) is 5.75 Å². The molecule has 4 atom stereocenters. The lowest BCUT2D eigenvalue weighted by atomic mass is 9.86. The quantitative estimate of drug-likeness (QED) is 0.290. The number of ether oxygens (including phenoxy) is 1. The minimum atomic E-state index is -0.830. The molecule has 2 saturated heterocycles. The second-order valence-electron chi connectivity index (χ2n) is 9.01. The van der Waals surface area contributed by atoms with E-state index in [9.17, 15) is 14.4 Å². The number of para-hydroxylation sites is 1. The Hall–Kier alpha value is -3.23. The van der Waals surface area contributed by atoms with E-state index in [1.807, 2.05) is 41.3 Å². The summed E-state index contributed by atoms with van der Waals surface area (Å²) in [6.45, 7) is 0. The van der Waals surface area contributed by atoms with Gasteiger partial charge in [0.05, 0.1) is 35.1 Å². The number of halogens is 2. The van der Waals surface area contributed by atoms with Crippen LogP contribution in [0, 0.1) is 11.8 Å². The third-order valence-corrected chi connectivity index (χ3v) is 8.35. The molecule has 0 unspecified atom stereocenters. The number of rotatable bonds is 4. The molecule has 6 nitrogen and oxygen atoms in total. The molecule has 0 N–H and O–H groups in total. The first kappa shape index (κ1) is 23.2. The summed E-state index contributed by atoms with van der Waals surface area (Å²) in [7, 11) is 1.56. The number of imide groups is 1. The van der Waals surface area contributed by atoms with Crippen molar-refractivity contribution in [1.82, 2.24) is 0 Å². The van der Waals surface area contributed by atoms with Crippen molar-refractivity contribution in [2.75, 3.05) is 16.9 Å². The topological polar surface area (TPSA) is 66.9 Å². The number of ketones is 1. The van der Waals surface area contributed by atoms with Crippen LogP contribution in [0.2, 0.25) is 0 Å². The van der Waals surface area contributed by atoms with Crippen LogP contribution in [0.3, 0.4) is 0 Å². The van der Waals surface area contributed by atoms with Gasteiger partial charge in [0, 0.05) is 15.7 Å². The first-order chi connectivity index (χ1) is 17.4. The molecule has 2 amide bonds. The van der Waals surface area contributed by atoms with E-state index in [2.05, 4.69) is 31.9 Å². The molecule has 0 aromatic heterocycles. The Morgan fingerprint density at radius 3 is 2.36 bits per heavy atom. The highest BCUT2D eigenvalue weighted by Gasteiger charge is 2.64. The van der Waals surface area contributed by atoms with Gasteiger partial charge in [0.2, 0.25) is 11.8 Å². The van der Waals surface area contributed by atoms with Crippen LogP contribution in [-0.4, -0.2) is 36.8 Å². The zero-order valence-electron chi connectivity index (χ0n) is 19.1. The molecule has 2 fully saturated rings. The lowest BCUT2D eigenvalue weighted by molar-refractivity contribution is -0.122. The Morgan fingerprint density at radius 2 is 1.64 bits per heavy atom. The van der Waals surface area contributed by atoms with Crippen LogP contribution in [0.1, 0.15) is 15.9 Å². The van der Waals surface area contributed by atoms with E-state index in [1.54, 1.807) is 49.6 Å². The summed E-state index contributed by atoms with van der Waals surface area (Å²) in [6, 6.07) is 18.7. The number of fused-ring (bicyclic) bond motifs is 5. The van der Waals surface area contributed by atoms with Gasteiger partial charge >= 0.3 is 0 Å². The maximum atomic E-state index is 14.1. The SMILES string of the molecule is COc1ccc(C(=O)[C@@H]2[C@H]3C(=O)N(c4ccc(Br)cc4)C(=O)[C@@H]3[C@H]3C=Cc4ccccc4N32)cc1Br. The maximum Gasteiger partial charge on any atom is 0.240 e. The smallest absolute Gasteiger partial charge is 0.240 e. The Labute approximate surface area is 224 Å². The summed E-state index contributed by atoms with van der Waals surface area (Å²) in [4.78, 5) is 45.1. The van der Waals surface area contributed by atoms with Gasteiger partial charge in [-0.05, 0) is 70.0 Å². The molecule has 8 heteroatoms. The van der Waals surface area contributed by atoms with Gasteiger partial charge in [-0.2, -0.15) is 0 Å². The molecule has 36 heavy (non-hydrogen) atoms. The van der Waals surface area contributed by atoms with Crippen molar-refractivity contribution in [3.63, 3.8) is 0 Å². The zero-order valence-corrected chi connectivity index (χ0v) is 22.3. The standard InChI is InChI=1S/C28H20Br2N2O4/c1-36-22-13-7-16(14-19(22)30)26(33)25-24-23(21-12-6-15-4-2-3-5-20(15)32(21)25)27(34)31(28(24)35)18-10-8-17(29)9-11-18/h2-14,21,23-25H,1H3/t21-,23-,24+,25+/m1/s1. The lowest BCUT2D eigenvalue weighted by Gasteiger charge is -2.36. The van der Waals surface area contributed by atoms with Crippen LogP contribution in [0.25, 0.3) is 6.08 Å². The minimum absolute atomic E-state index is 0.209. The summed E-state index contributed by atoms with van der Waals surface area (Å²) < 4.78 is 6.82. The van der Waals surface area contributed by atoms with Crippen LogP contribution in [0.5, 0.6) is 5.75 Å². The molecule has 3 aromatic rings. The van der Waals surface area contributed by atoms with Gasteiger partial charge in [0.15, 0.2) is 5.78 Å². The predicted molar refractivity (Wildman–Crippen MR) is 144 cm³/mol. The minimum Gasteiger partial charge on any atom is -0.496 e. The highest BCUT2D eigenvalue weighted by atomic mass is 79.9. The molecule has 3 aliphatic heterocycles. The van der Waals surface area contributed by atoms with Crippen molar-refractivity contribution >= 4 is 66.9 Å². The highest BCUT2D eigenvalue weighted by molar-refractivity contribution is 9.10. The summed E-state index contributed by atoms with van der Waals surface area (Å²) in [5, 5.41) is 0. The van der Waals surface area contributed by atoms with Crippen molar-refractivity contribution < 1.29 is 19.1 Å². The van der Waals surface area contributed by atoms with Gasteiger partial charge in [-0.3, -0.25) is 14.4 Å². The largest absolute Gasteiger partial charge is 0.496 e. The Balaban J connectivity index is 1.48. The van der Waals surface area contributed by atoms with Crippen LogP contribution in [-0.2, 0) is 9.59 Å². The number of benzene rings is 3. The van der Waals surface area contributed by atoms with Crippen molar-refractivity contribution in [1.29, 1.82) is 0 Å². The predicted octanol–water partition coefficient (Wildman–Crippen LogP) is 5.49. The number of carbonyl (C=O) groups is 3. The third-order valence-electron chi connectivity index (χ3n) is 7.20. The van der Waals surface area contributed by atoms with Gasteiger partial charge in [0.1, 0.15) is 11.8 Å². The van der Waals surface area contributed by atoms with Gasteiger partial charge in [0.25, 0.3) is 0 Å². The Morgan fingerprint density at radius 1 is 0.917 bits per heavy atom. The normalized spacial score (nSPS) is 24.0. The molecule has 180 valence electrons. The summed E-state index contributed by atoms with van der Waals surface area (Å²) in [6.07, 6.45) is 3.93. The number of nitrogens with zero attached hydrogens (tertiary/aromatic N) is 2. The summed E-state index contributed by atoms with van der Waals surface area (Å²) >= 11 is 6.87. The number of hydrogen-bond acceptors (Lipinski definition) is 5. The number of anilines is 2. The fraction of sp³-hybridized carbons (Fsp3) is 0.179. The van der Waals surface area contributed by atoms with Gasteiger partial charge in [-0.25, -0.2) is 4.90 Å². The van der Waals surface area contributed by atoms with Crippen molar-refractivity contribution in [3.05, 3.63) is 92.9 Å². The van der Waals surface area contributed by atoms with Gasteiger partial charge < -0.3 is 9.64 Å². The van der Waals surface area contributed by atoms with E-state index in [0.29, 0.717) is 21.5 Å². The lowest BCUT2D eigenvalue weighted by Crippen LogP contribution is -2.48. The van der Waals surface area contributed by atoms with E-state index in [4.69, 9.17) is 4.74 Å². The number of carbonyl (C=O) groups excluding carboxylic acids is 3. The average molecular weight is 608 g/mol. The molecular weight excluding hydrogens is 588 g/mol. The second-order valence-corrected chi connectivity index (χ2v) is 10.8. The van der Waals surface area contributed by atoms with Crippen molar-refractivity contribution in [2.45, 2.75) is 12.1 Å². The highest BCUT2D eigenvalue weighted by Crippen LogP contribution is 2.50. The maximum absolute atomic E-state index is 14.1. The monoisotopic (exact) mass is 606 g/mol. The molecule has 3 aromatic carbocycles. The number of hydrogen-bond donors (Lipinski definition) is 0. The molecule has 0 bridgehead atoms. The molecule has 6 rings (SSSR count). The molecule has 0 radical (unpaired) electrons. The summed E-state index contributed by atoms with van der Waals surface area (Å²) in [5.74, 6) is -1.71. The van der Waals surface area contributed by atoms with Gasteiger partial charge in [-0.15, -0.1) is 0 Å². The molecular formula is C28H20Br2N2O4. The number of methoxy groups -OCH3 is 1. The molecule has 0 spiro atoms. The van der Waals surface area contributed by atoms with E-state index < -0.39 is 23.9 Å². The third kappa shape index (κ3) is 3.38. The number of amides is 2. The van der Waals surface area contributed by atoms with E-state index in [0.717, 1.165) is 15.7 Å².